The fourth-order valence-corrected chi connectivity index (χ4v) is 4.52. The molecule has 2 unspecified atom stereocenters. The Labute approximate surface area is 192 Å². The molecule has 0 radical (unpaired) electrons. The first kappa shape index (κ1) is 22.8. The van der Waals surface area contributed by atoms with E-state index < -0.39 is 29.6 Å². The van der Waals surface area contributed by atoms with Gasteiger partial charge in [0.05, 0.1) is 13.1 Å². The highest BCUT2D eigenvalue weighted by molar-refractivity contribution is 5.90. The highest BCUT2D eigenvalue weighted by atomic mass is 16.5. The van der Waals surface area contributed by atoms with E-state index in [1.54, 1.807) is 0 Å². The van der Waals surface area contributed by atoms with E-state index >= 15 is 0 Å². The minimum atomic E-state index is -1.93. The van der Waals surface area contributed by atoms with Crippen LogP contribution in [-0.4, -0.2) is 64.4 Å². The molecule has 2 aliphatic rings. The third-order valence-electron chi connectivity index (χ3n) is 6.71. The number of carboxylic acids is 1. The van der Waals surface area contributed by atoms with Crippen molar-refractivity contribution in [2.24, 2.45) is 5.92 Å². The summed E-state index contributed by atoms with van der Waals surface area (Å²) in [6.45, 7) is 3.24. The number of likely N-dealkylation sites (tertiary alicyclic amines) is 1. The van der Waals surface area contributed by atoms with Crippen LogP contribution < -0.4 is 5.32 Å². The molecule has 1 aliphatic heterocycles. The standard InChI is InChI=1S/C25H28N2O6/c1-3-15(2)21(22(28)27-13-25(32,14-27)23(29)30)26-24(31)33-12-20-18-10-6-4-8-16(18)17-9-5-7-11-19(17)20/h4-11,15,20-21,32H,3,12-14H2,1-2H3,(H,26,31)(H,29,30). The van der Waals surface area contributed by atoms with E-state index in [2.05, 4.69) is 17.4 Å². The van der Waals surface area contributed by atoms with Crippen molar-refractivity contribution in [2.75, 3.05) is 19.7 Å². The number of aliphatic carboxylic acids is 1. The number of hydrogen-bond acceptors (Lipinski definition) is 5. The number of carboxylic acid groups (broad SMARTS) is 1. The van der Waals surface area contributed by atoms with Crippen molar-refractivity contribution < 1.29 is 29.3 Å². The largest absolute Gasteiger partial charge is 0.479 e. The summed E-state index contributed by atoms with van der Waals surface area (Å²) in [6.07, 6.45) is -0.0820. The number of hydrogen-bond donors (Lipinski definition) is 3. The van der Waals surface area contributed by atoms with Crippen LogP contribution in [0.1, 0.15) is 37.3 Å². The van der Waals surface area contributed by atoms with Gasteiger partial charge in [0.2, 0.25) is 5.91 Å². The monoisotopic (exact) mass is 452 g/mol. The van der Waals surface area contributed by atoms with E-state index in [9.17, 15) is 19.5 Å². The number of amides is 2. The fraction of sp³-hybridized carbons (Fsp3) is 0.400. The Hall–Kier alpha value is -3.39. The quantitative estimate of drug-likeness (QED) is 0.595. The van der Waals surface area contributed by atoms with Crippen molar-refractivity contribution in [2.45, 2.75) is 37.8 Å². The van der Waals surface area contributed by atoms with Gasteiger partial charge >= 0.3 is 12.1 Å². The molecular formula is C25H28N2O6. The molecule has 0 spiro atoms. The number of carbonyl (C=O) groups is 3. The van der Waals surface area contributed by atoms with Gasteiger partial charge in [-0.3, -0.25) is 4.79 Å². The zero-order valence-electron chi connectivity index (χ0n) is 18.7. The number of alkyl carbamates (subject to hydrolysis) is 1. The third kappa shape index (κ3) is 4.18. The van der Waals surface area contributed by atoms with Crippen LogP contribution >= 0.6 is 0 Å². The Kier molecular flexibility index (Phi) is 6.12. The molecule has 2 amide bonds. The number of aliphatic hydroxyl groups is 1. The maximum absolute atomic E-state index is 12.9. The Morgan fingerprint density at radius 1 is 1.09 bits per heavy atom. The van der Waals surface area contributed by atoms with Crippen LogP contribution in [-0.2, 0) is 14.3 Å². The molecule has 3 N–H and O–H groups in total. The topological polar surface area (TPSA) is 116 Å². The van der Waals surface area contributed by atoms with E-state index in [-0.39, 0.29) is 31.5 Å². The maximum Gasteiger partial charge on any atom is 0.407 e. The van der Waals surface area contributed by atoms with Gasteiger partial charge in [-0.25, -0.2) is 9.59 Å². The lowest BCUT2D eigenvalue weighted by Crippen LogP contribution is -2.70. The lowest BCUT2D eigenvalue weighted by atomic mass is 9.90. The molecule has 2 aromatic carbocycles. The molecule has 1 fully saturated rings. The highest BCUT2D eigenvalue weighted by Gasteiger charge is 2.51. The van der Waals surface area contributed by atoms with Crippen LogP contribution in [0.3, 0.4) is 0 Å². The Balaban J connectivity index is 1.42. The van der Waals surface area contributed by atoms with Gasteiger partial charge in [0.15, 0.2) is 5.60 Å². The second kappa shape index (κ2) is 8.86. The first-order chi connectivity index (χ1) is 15.7. The Morgan fingerprint density at radius 3 is 2.15 bits per heavy atom. The smallest absolute Gasteiger partial charge is 0.407 e. The van der Waals surface area contributed by atoms with Crippen LogP contribution in [0.2, 0.25) is 0 Å². The summed E-state index contributed by atoms with van der Waals surface area (Å²) in [5.74, 6) is -2.08. The summed E-state index contributed by atoms with van der Waals surface area (Å²) >= 11 is 0. The number of ether oxygens (including phenoxy) is 1. The van der Waals surface area contributed by atoms with Crippen LogP contribution in [0.25, 0.3) is 11.1 Å². The Bertz CT molecular complexity index is 1030. The Morgan fingerprint density at radius 2 is 1.64 bits per heavy atom. The fourth-order valence-electron chi connectivity index (χ4n) is 4.52. The number of nitrogens with one attached hydrogen (secondary N) is 1. The number of fused-ring (bicyclic) bond motifs is 3. The van der Waals surface area contributed by atoms with Crippen molar-refractivity contribution in [1.29, 1.82) is 0 Å². The predicted octanol–water partition coefficient (Wildman–Crippen LogP) is 2.60. The summed E-state index contributed by atoms with van der Waals surface area (Å²) < 4.78 is 5.56. The van der Waals surface area contributed by atoms with E-state index in [4.69, 9.17) is 9.84 Å². The van der Waals surface area contributed by atoms with Gasteiger partial charge in [0, 0.05) is 5.92 Å². The molecule has 1 saturated heterocycles. The van der Waals surface area contributed by atoms with Gasteiger partial charge in [-0.2, -0.15) is 0 Å². The average Bonchev–Trinajstić information content (AvgIpc) is 3.11. The zero-order valence-corrected chi connectivity index (χ0v) is 18.7. The molecule has 2 aromatic rings. The normalized spacial score (nSPS) is 17.8. The van der Waals surface area contributed by atoms with Gasteiger partial charge in [-0.1, -0.05) is 68.8 Å². The molecule has 1 heterocycles. The number of carbonyl (C=O) groups excluding carboxylic acids is 2. The molecule has 8 heteroatoms. The first-order valence-electron chi connectivity index (χ1n) is 11.1. The second-order valence-electron chi connectivity index (χ2n) is 8.86. The van der Waals surface area contributed by atoms with E-state index in [0.29, 0.717) is 6.42 Å². The van der Waals surface area contributed by atoms with Crippen LogP contribution in [0.15, 0.2) is 48.5 Å². The number of benzene rings is 2. The molecule has 0 bridgehead atoms. The summed E-state index contributed by atoms with van der Waals surface area (Å²) in [6, 6.07) is 15.2. The predicted molar refractivity (Wildman–Crippen MR) is 121 cm³/mol. The van der Waals surface area contributed by atoms with Crippen molar-refractivity contribution in [3.05, 3.63) is 59.7 Å². The van der Waals surface area contributed by atoms with Crippen molar-refractivity contribution in [1.82, 2.24) is 10.2 Å². The minimum Gasteiger partial charge on any atom is -0.479 e. The summed E-state index contributed by atoms with van der Waals surface area (Å²) in [4.78, 5) is 37.9. The molecule has 1 aliphatic carbocycles. The van der Waals surface area contributed by atoms with Gasteiger partial charge < -0.3 is 25.2 Å². The molecule has 4 rings (SSSR count). The molecule has 33 heavy (non-hydrogen) atoms. The molecule has 2 atom stereocenters. The number of rotatable bonds is 7. The number of β-amino-alcohol motifs (C(OH)–C–C–N with tert-alkyl or cyclic N) is 1. The summed E-state index contributed by atoms with van der Waals surface area (Å²) in [5.41, 5.74) is 2.50. The second-order valence-corrected chi connectivity index (χ2v) is 8.86. The van der Waals surface area contributed by atoms with E-state index in [0.717, 1.165) is 22.3 Å². The summed E-state index contributed by atoms with van der Waals surface area (Å²) in [7, 11) is 0. The lowest BCUT2D eigenvalue weighted by Gasteiger charge is -2.45. The molecule has 0 saturated carbocycles. The third-order valence-corrected chi connectivity index (χ3v) is 6.71. The van der Waals surface area contributed by atoms with Crippen LogP contribution in [0.4, 0.5) is 4.79 Å². The van der Waals surface area contributed by atoms with E-state index in [1.165, 1.54) is 4.90 Å². The van der Waals surface area contributed by atoms with E-state index in [1.807, 2.05) is 50.2 Å². The maximum atomic E-state index is 12.9. The van der Waals surface area contributed by atoms with Crippen molar-refractivity contribution in [3.8, 4) is 11.1 Å². The molecular weight excluding hydrogens is 424 g/mol. The first-order valence-corrected chi connectivity index (χ1v) is 11.1. The van der Waals surface area contributed by atoms with Gasteiger partial charge in [0.25, 0.3) is 0 Å². The zero-order chi connectivity index (χ0) is 23.8. The lowest BCUT2D eigenvalue weighted by molar-refractivity contribution is -0.183. The molecule has 174 valence electrons. The SMILES string of the molecule is CCC(C)C(NC(=O)OCC1c2ccccc2-c2ccccc21)C(=O)N1CC(O)(C(=O)O)C1. The minimum absolute atomic E-state index is 0.0955. The van der Waals surface area contributed by atoms with Crippen LogP contribution in [0.5, 0.6) is 0 Å². The van der Waals surface area contributed by atoms with Gasteiger partial charge in [-0.05, 0) is 28.2 Å². The van der Waals surface area contributed by atoms with Gasteiger partial charge in [-0.15, -0.1) is 0 Å². The molecule has 0 aromatic heterocycles. The number of nitrogens with zero attached hydrogens (tertiary/aromatic N) is 1. The average molecular weight is 453 g/mol. The van der Waals surface area contributed by atoms with Crippen molar-refractivity contribution >= 4 is 18.0 Å². The van der Waals surface area contributed by atoms with Gasteiger partial charge in [0.1, 0.15) is 12.6 Å². The van der Waals surface area contributed by atoms with Crippen molar-refractivity contribution in [3.63, 3.8) is 0 Å². The highest BCUT2D eigenvalue weighted by Crippen LogP contribution is 2.44. The van der Waals surface area contributed by atoms with Crippen LogP contribution in [0, 0.1) is 5.92 Å². The molecule has 8 nitrogen and oxygen atoms in total. The summed E-state index contributed by atoms with van der Waals surface area (Å²) in [5, 5.41) is 21.7.